The number of piperidine rings is 1. The summed E-state index contributed by atoms with van der Waals surface area (Å²) in [5.41, 5.74) is 0. The molecule has 2 fully saturated rings. The Kier molecular flexibility index (Phi) is 13.9. The second-order valence-corrected chi connectivity index (χ2v) is 8.16. The van der Waals surface area contributed by atoms with Crippen molar-refractivity contribution in [2.45, 2.75) is 65.2 Å². The first kappa shape index (κ1) is 25.5. The molecular weight excluding hydrogens is 465 g/mol. The minimum atomic E-state index is 0. The van der Waals surface area contributed by atoms with E-state index in [2.05, 4.69) is 29.4 Å². The number of hydrogen-bond acceptors (Lipinski definition) is 3. The lowest BCUT2D eigenvalue weighted by molar-refractivity contribution is -0.130. The highest BCUT2D eigenvalue weighted by Crippen LogP contribution is 2.12. The van der Waals surface area contributed by atoms with Gasteiger partial charge in [-0.05, 0) is 58.0 Å². The van der Waals surface area contributed by atoms with Gasteiger partial charge in [-0.3, -0.25) is 9.79 Å². The summed E-state index contributed by atoms with van der Waals surface area (Å²) >= 11 is 0. The zero-order valence-corrected chi connectivity index (χ0v) is 20.4. The van der Waals surface area contributed by atoms with Gasteiger partial charge in [0.2, 0.25) is 5.91 Å². The summed E-state index contributed by atoms with van der Waals surface area (Å²) in [7, 11) is 0. The van der Waals surface area contributed by atoms with Gasteiger partial charge in [0.05, 0.1) is 0 Å². The lowest BCUT2D eigenvalue weighted by atomic mass is 10.1. The summed E-state index contributed by atoms with van der Waals surface area (Å²) in [6.45, 7) is 12.4. The molecule has 7 heteroatoms. The smallest absolute Gasteiger partial charge is 0.222 e. The number of nitrogens with zero attached hydrogens (tertiary/aromatic N) is 3. The maximum absolute atomic E-state index is 12.1. The number of carbonyl (C=O) groups is 1. The second-order valence-electron chi connectivity index (χ2n) is 8.16. The van der Waals surface area contributed by atoms with Crippen molar-refractivity contribution in [2.24, 2.45) is 10.9 Å². The number of amides is 1. The standard InChI is InChI=1S/C21H41N5O.HI/c1-3-22-21(24-17-19(2)18-25-13-7-5-8-14-25)23-12-10-16-26-15-9-4-6-11-20(26)27;/h19H,3-18H2,1-2H3,(H2,22,23,24);1H. The molecule has 1 unspecified atom stereocenters. The minimum absolute atomic E-state index is 0. The summed E-state index contributed by atoms with van der Waals surface area (Å²) in [6.07, 6.45) is 9.18. The Labute approximate surface area is 189 Å². The van der Waals surface area contributed by atoms with Crippen LogP contribution in [0.4, 0.5) is 0 Å². The molecule has 6 nitrogen and oxygen atoms in total. The Morgan fingerprint density at radius 3 is 2.54 bits per heavy atom. The molecule has 2 heterocycles. The van der Waals surface area contributed by atoms with Crippen molar-refractivity contribution in [2.75, 3.05) is 52.4 Å². The van der Waals surface area contributed by atoms with E-state index in [0.717, 1.165) is 70.9 Å². The van der Waals surface area contributed by atoms with Gasteiger partial charge < -0.3 is 20.4 Å². The van der Waals surface area contributed by atoms with E-state index < -0.39 is 0 Å². The first-order valence-corrected chi connectivity index (χ1v) is 11.2. The number of likely N-dealkylation sites (tertiary alicyclic amines) is 2. The molecule has 2 saturated heterocycles. The molecule has 28 heavy (non-hydrogen) atoms. The summed E-state index contributed by atoms with van der Waals surface area (Å²) in [5, 5.41) is 6.78. The Balaban J connectivity index is 0.00000392. The fourth-order valence-electron chi connectivity index (χ4n) is 3.98. The maximum atomic E-state index is 12.1. The summed E-state index contributed by atoms with van der Waals surface area (Å²) in [4.78, 5) is 21.5. The van der Waals surface area contributed by atoms with Crippen LogP contribution in [0.25, 0.3) is 0 Å². The molecule has 2 N–H and O–H groups in total. The van der Waals surface area contributed by atoms with Gasteiger partial charge in [-0.2, -0.15) is 0 Å². The van der Waals surface area contributed by atoms with Crippen LogP contribution in [0, 0.1) is 5.92 Å². The fraction of sp³-hybridized carbons (Fsp3) is 0.905. The third kappa shape index (κ3) is 10.3. The minimum Gasteiger partial charge on any atom is -0.357 e. The van der Waals surface area contributed by atoms with E-state index in [1.165, 1.54) is 38.8 Å². The number of halogens is 1. The highest BCUT2D eigenvalue weighted by atomic mass is 127. The highest BCUT2D eigenvalue weighted by Gasteiger charge is 2.16. The van der Waals surface area contributed by atoms with E-state index in [-0.39, 0.29) is 24.0 Å². The van der Waals surface area contributed by atoms with E-state index in [4.69, 9.17) is 4.99 Å². The van der Waals surface area contributed by atoms with Gasteiger partial charge in [0.25, 0.3) is 0 Å². The van der Waals surface area contributed by atoms with E-state index in [0.29, 0.717) is 11.8 Å². The number of nitrogens with one attached hydrogen (secondary N) is 2. The lowest BCUT2D eigenvalue weighted by Gasteiger charge is -2.28. The Bertz CT molecular complexity index is 454. The van der Waals surface area contributed by atoms with Crippen LogP contribution >= 0.6 is 24.0 Å². The Hall–Kier alpha value is -0.570. The summed E-state index contributed by atoms with van der Waals surface area (Å²) in [5.74, 6) is 1.82. The van der Waals surface area contributed by atoms with E-state index >= 15 is 0 Å². The number of carbonyl (C=O) groups excluding carboxylic acids is 1. The predicted molar refractivity (Wildman–Crippen MR) is 129 cm³/mol. The zero-order valence-electron chi connectivity index (χ0n) is 18.0. The molecule has 0 bridgehead atoms. The highest BCUT2D eigenvalue weighted by molar-refractivity contribution is 14.0. The van der Waals surface area contributed by atoms with Crippen molar-refractivity contribution in [3.05, 3.63) is 0 Å². The average Bonchev–Trinajstić information content (AvgIpc) is 2.88. The van der Waals surface area contributed by atoms with Crippen molar-refractivity contribution in [3.63, 3.8) is 0 Å². The Morgan fingerprint density at radius 1 is 1.07 bits per heavy atom. The van der Waals surface area contributed by atoms with E-state index in [1.807, 2.05) is 4.90 Å². The third-order valence-electron chi connectivity index (χ3n) is 5.49. The van der Waals surface area contributed by atoms with Gasteiger partial charge in [-0.25, -0.2) is 0 Å². The van der Waals surface area contributed by atoms with Crippen LogP contribution < -0.4 is 10.6 Å². The van der Waals surface area contributed by atoms with Crippen LogP contribution in [0.1, 0.15) is 65.2 Å². The molecule has 2 aliphatic heterocycles. The van der Waals surface area contributed by atoms with Crippen molar-refractivity contribution in [3.8, 4) is 0 Å². The third-order valence-corrected chi connectivity index (χ3v) is 5.49. The molecule has 1 atom stereocenters. The molecule has 0 aromatic rings. The lowest BCUT2D eigenvalue weighted by Crippen LogP contribution is -2.40. The zero-order chi connectivity index (χ0) is 19.3. The van der Waals surface area contributed by atoms with Gasteiger partial charge in [0.1, 0.15) is 0 Å². The normalized spacial score (nSPS) is 20.3. The predicted octanol–water partition coefficient (Wildman–Crippen LogP) is 3.07. The molecular formula is C21H42IN5O. The number of hydrogen-bond donors (Lipinski definition) is 2. The number of rotatable bonds is 9. The SMILES string of the molecule is CCNC(=NCC(C)CN1CCCCC1)NCCCN1CCCCCC1=O.I. The summed E-state index contributed by atoms with van der Waals surface area (Å²) in [6, 6.07) is 0. The van der Waals surface area contributed by atoms with Crippen molar-refractivity contribution < 1.29 is 4.79 Å². The quantitative estimate of drug-likeness (QED) is 0.218. The van der Waals surface area contributed by atoms with Crippen LogP contribution in [-0.4, -0.2) is 74.0 Å². The van der Waals surface area contributed by atoms with Crippen molar-refractivity contribution in [1.82, 2.24) is 20.4 Å². The van der Waals surface area contributed by atoms with Gasteiger partial charge in [-0.15, -0.1) is 24.0 Å². The van der Waals surface area contributed by atoms with Crippen LogP contribution in [0.5, 0.6) is 0 Å². The molecule has 0 aliphatic carbocycles. The number of aliphatic imine (C=N–C) groups is 1. The topological polar surface area (TPSA) is 60.0 Å². The molecule has 0 aromatic heterocycles. The van der Waals surface area contributed by atoms with Crippen LogP contribution in [-0.2, 0) is 4.79 Å². The van der Waals surface area contributed by atoms with Crippen molar-refractivity contribution in [1.29, 1.82) is 0 Å². The molecule has 0 radical (unpaired) electrons. The van der Waals surface area contributed by atoms with Crippen LogP contribution in [0.3, 0.4) is 0 Å². The average molecular weight is 508 g/mol. The summed E-state index contributed by atoms with van der Waals surface area (Å²) < 4.78 is 0. The van der Waals surface area contributed by atoms with Gasteiger partial charge >= 0.3 is 0 Å². The monoisotopic (exact) mass is 507 g/mol. The molecule has 0 aromatic carbocycles. The van der Waals surface area contributed by atoms with Gasteiger partial charge in [0, 0.05) is 45.7 Å². The molecule has 1 amide bonds. The first-order chi connectivity index (χ1) is 13.2. The second kappa shape index (κ2) is 15.3. The Morgan fingerprint density at radius 2 is 1.79 bits per heavy atom. The molecule has 0 spiro atoms. The maximum Gasteiger partial charge on any atom is 0.222 e. The molecule has 0 saturated carbocycles. The first-order valence-electron chi connectivity index (χ1n) is 11.2. The largest absolute Gasteiger partial charge is 0.357 e. The molecule has 164 valence electrons. The molecule has 2 rings (SSSR count). The molecule has 2 aliphatic rings. The number of guanidine groups is 1. The van der Waals surface area contributed by atoms with Crippen LogP contribution in [0.15, 0.2) is 4.99 Å². The van der Waals surface area contributed by atoms with Crippen LogP contribution in [0.2, 0.25) is 0 Å². The van der Waals surface area contributed by atoms with Crippen molar-refractivity contribution >= 4 is 35.8 Å². The fourth-order valence-corrected chi connectivity index (χ4v) is 3.98. The van der Waals surface area contributed by atoms with Gasteiger partial charge in [0.15, 0.2) is 5.96 Å². The van der Waals surface area contributed by atoms with E-state index in [9.17, 15) is 4.79 Å². The van der Waals surface area contributed by atoms with E-state index in [1.54, 1.807) is 0 Å². The van der Waals surface area contributed by atoms with Gasteiger partial charge in [-0.1, -0.05) is 19.8 Å².